The van der Waals surface area contributed by atoms with Crippen molar-refractivity contribution in [3.63, 3.8) is 0 Å². The summed E-state index contributed by atoms with van der Waals surface area (Å²) < 4.78 is 0. The van der Waals surface area contributed by atoms with Crippen molar-refractivity contribution in [2.75, 3.05) is 6.54 Å². The van der Waals surface area contributed by atoms with Gasteiger partial charge >= 0.3 is 0 Å². The molecule has 3 amide bonds. The number of nitrogens with one attached hydrogen (secondary N) is 2. The summed E-state index contributed by atoms with van der Waals surface area (Å²) in [6.45, 7) is 4.47. The normalized spacial score (nSPS) is 17.3. The monoisotopic (exact) mass is 354 g/mol. The van der Waals surface area contributed by atoms with Crippen LogP contribution in [0.25, 0.3) is 0 Å². The van der Waals surface area contributed by atoms with E-state index in [1.54, 1.807) is 0 Å². The molecule has 0 aromatic rings. The Balaban J connectivity index is 2.69. The zero-order chi connectivity index (χ0) is 18.8. The molecule has 25 heavy (non-hydrogen) atoms. The lowest BCUT2D eigenvalue weighted by Gasteiger charge is -2.24. The molecule has 0 spiro atoms. The molecule has 0 aliphatic heterocycles. The molecule has 0 heterocycles. The first-order chi connectivity index (χ1) is 11.8. The average molecular weight is 354 g/mol. The van der Waals surface area contributed by atoms with Crippen LogP contribution in [-0.2, 0) is 14.4 Å². The van der Waals surface area contributed by atoms with E-state index >= 15 is 0 Å². The van der Waals surface area contributed by atoms with Crippen LogP contribution in [0.1, 0.15) is 65.2 Å². The van der Waals surface area contributed by atoms with Crippen molar-refractivity contribution in [1.29, 1.82) is 0 Å². The van der Waals surface area contributed by atoms with Crippen molar-refractivity contribution in [3.8, 4) is 0 Å². The molecule has 1 rings (SSSR count). The molecule has 1 aliphatic carbocycles. The predicted molar refractivity (Wildman–Crippen MR) is 97.4 cm³/mol. The van der Waals surface area contributed by atoms with Gasteiger partial charge < -0.3 is 22.1 Å². The van der Waals surface area contributed by atoms with Gasteiger partial charge in [-0.3, -0.25) is 14.4 Å². The SMILES string of the molecule is CC(C)CC(NC(=O)C(CCCCN)NC(=O)C1CCCC1)C(N)=O. The number of amides is 3. The van der Waals surface area contributed by atoms with Crippen LogP contribution in [-0.4, -0.2) is 36.3 Å². The fourth-order valence-corrected chi connectivity index (χ4v) is 3.23. The quantitative estimate of drug-likeness (QED) is 0.409. The second-order valence-corrected chi connectivity index (χ2v) is 7.42. The summed E-state index contributed by atoms with van der Waals surface area (Å²) in [6, 6.07) is -1.36. The molecule has 0 bridgehead atoms. The third kappa shape index (κ3) is 7.86. The first kappa shape index (κ1) is 21.4. The van der Waals surface area contributed by atoms with E-state index in [2.05, 4.69) is 10.6 Å². The summed E-state index contributed by atoms with van der Waals surface area (Å²) in [5.41, 5.74) is 10.9. The van der Waals surface area contributed by atoms with Crippen LogP contribution >= 0.6 is 0 Å². The van der Waals surface area contributed by atoms with Crippen molar-refractivity contribution in [1.82, 2.24) is 10.6 Å². The van der Waals surface area contributed by atoms with Gasteiger partial charge in [0.05, 0.1) is 0 Å². The molecule has 2 unspecified atom stereocenters. The molecular weight excluding hydrogens is 320 g/mol. The third-order valence-electron chi connectivity index (χ3n) is 4.67. The summed E-state index contributed by atoms with van der Waals surface area (Å²) >= 11 is 0. The van der Waals surface area contributed by atoms with Crippen LogP contribution in [0, 0.1) is 11.8 Å². The number of rotatable bonds is 11. The number of carbonyl (C=O) groups excluding carboxylic acids is 3. The largest absolute Gasteiger partial charge is 0.368 e. The van der Waals surface area contributed by atoms with Gasteiger partial charge in [0, 0.05) is 5.92 Å². The first-order valence-electron chi connectivity index (χ1n) is 9.45. The van der Waals surface area contributed by atoms with Crippen molar-refractivity contribution in [2.24, 2.45) is 23.3 Å². The minimum atomic E-state index is -0.715. The molecule has 1 fully saturated rings. The van der Waals surface area contributed by atoms with E-state index in [-0.39, 0.29) is 23.7 Å². The highest BCUT2D eigenvalue weighted by molar-refractivity contribution is 5.92. The Morgan fingerprint density at radius 2 is 1.68 bits per heavy atom. The van der Waals surface area contributed by atoms with E-state index in [1.165, 1.54) is 0 Å². The van der Waals surface area contributed by atoms with Crippen LogP contribution in [0.5, 0.6) is 0 Å². The lowest BCUT2D eigenvalue weighted by Crippen LogP contribution is -2.53. The number of nitrogens with two attached hydrogens (primary N) is 2. The van der Waals surface area contributed by atoms with Gasteiger partial charge in [-0.1, -0.05) is 26.7 Å². The second-order valence-electron chi connectivity index (χ2n) is 7.42. The fraction of sp³-hybridized carbons (Fsp3) is 0.833. The molecule has 1 aliphatic rings. The van der Waals surface area contributed by atoms with Gasteiger partial charge in [-0.25, -0.2) is 0 Å². The topological polar surface area (TPSA) is 127 Å². The minimum absolute atomic E-state index is 0.00703. The van der Waals surface area contributed by atoms with Gasteiger partial charge in [-0.15, -0.1) is 0 Å². The number of unbranched alkanes of at least 4 members (excludes halogenated alkanes) is 1. The van der Waals surface area contributed by atoms with Gasteiger partial charge in [0.25, 0.3) is 0 Å². The Bertz CT molecular complexity index is 448. The maximum Gasteiger partial charge on any atom is 0.243 e. The Labute approximate surface area is 150 Å². The Morgan fingerprint density at radius 3 is 2.20 bits per heavy atom. The summed E-state index contributed by atoms with van der Waals surface area (Å²) in [5.74, 6) is -0.739. The molecule has 1 saturated carbocycles. The standard InChI is InChI=1S/C18H34N4O3/c1-12(2)11-15(16(20)23)22-18(25)14(9-5-6-10-19)21-17(24)13-7-3-4-8-13/h12-15H,3-11,19H2,1-2H3,(H2,20,23)(H,21,24)(H,22,25). The Hall–Kier alpha value is -1.63. The third-order valence-corrected chi connectivity index (χ3v) is 4.67. The highest BCUT2D eigenvalue weighted by atomic mass is 16.2. The first-order valence-corrected chi connectivity index (χ1v) is 9.45. The number of primary amides is 1. The zero-order valence-electron chi connectivity index (χ0n) is 15.6. The Kier molecular flexibility index (Phi) is 9.49. The van der Waals surface area contributed by atoms with E-state index in [0.29, 0.717) is 19.4 Å². The van der Waals surface area contributed by atoms with Gasteiger partial charge in [0.1, 0.15) is 12.1 Å². The molecule has 2 atom stereocenters. The predicted octanol–water partition coefficient (Wildman–Crippen LogP) is 0.807. The maximum atomic E-state index is 12.6. The molecule has 0 aromatic heterocycles. The van der Waals surface area contributed by atoms with Crippen molar-refractivity contribution in [2.45, 2.75) is 77.3 Å². The second kappa shape index (κ2) is 11.1. The summed E-state index contributed by atoms with van der Waals surface area (Å²) in [5, 5.41) is 5.58. The molecule has 7 nitrogen and oxygen atoms in total. The molecule has 0 radical (unpaired) electrons. The Morgan fingerprint density at radius 1 is 1.04 bits per heavy atom. The van der Waals surface area contributed by atoms with Crippen LogP contribution in [0.4, 0.5) is 0 Å². The summed E-state index contributed by atoms with van der Waals surface area (Å²) in [7, 11) is 0. The number of hydrogen-bond acceptors (Lipinski definition) is 4. The van der Waals surface area contributed by atoms with Gasteiger partial charge in [0.15, 0.2) is 0 Å². The van der Waals surface area contributed by atoms with Gasteiger partial charge in [-0.05, 0) is 51.0 Å². The highest BCUT2D eigenvalue weighted by Gasteiger charge is 2.29. The molecule has 6 N–H and O–H groups in total. The molecule has 144 valence electrons. The van der Waals surface area contributed by atoms with Crippen molar-refractivity contribution < 1.29 is 14.4 Å². The van der Waals surface area contributed by atoms with Crippen LogP contribution in [0.15, 0.2) is 0 Å². The zero-order valence-corrected chi connectivity index (χ0v) is 15.6. The lowest BCUT2D eigenvalue weighted by atomic mass is 10.0. The van der Waals surface area contributed by atoms with Gasteiger partial charge in [-0.2, -0.15) is 0 Å². The van der Waals surface area contributed by atoms with E-state index < -0.39 is 18.0 Å². The highest BCUT2D eigenvalue weighted by Crippen LogP contribution is 2.25. The van der Waals surface area contributed by atoms with Crippen molar-refractivity contribution in [3.05, 3.63) is 0 Å². The summed E-state index contributed by atoms with van der Waals surface area (Å²) in [6.07, 6.45) is 6.38. The van der Waals surface area contributed by atoms with Gasteiger partial charge in [0.2, 0.25) is 17.7 Å². The van der Waals surface area contributed by atoms with E-state index in [9.17, 15) is 14.4 Å². The smallest absolute Gasteiger partial charge is 0.243 e. The van der Waals surface area contributed by atoms with Crippen LogP contribution in [0.3, 0.4) is 0 Å². The van der Waals surface area contributed by atoms with Crippen LogP contribution < -0.4 is 22.1 Å². The minimum Gasteiger partial charge on any atom is -0.368 e. The van der Waals surface area contributed by atoms with E-state index in [4.69, 9.17) is 11.5 Å². The molecular formula is C18H34N4O3. The average Bonchev–Trinajstić information content (AvgIpc) is 3.07. The van der Waals surface area contributed by atoms with Crippen molar-refractivity contribution >= 4 is 17.7 Å². The molecule has 0 aromatic carbocycles. The van der Waals surface area contributed by atoms with E-state index in [1.807, 2.05) is 13.8 Å². The van der Waals surface area contributed by atoms with Crippen LogP contribution in [0.2, 0.25) is 0 Å². The molecule has 0 saturated heterocycles. The maximum absolute atomic E-state index is 12.6. The number of hydrogen-bond donors (Lipinski definition) is 4. The lowest BCUT2D eigenvalue weighted by molar-refractivity contribution is -0.133. The van der Waals surface area contributed by atoms with E-state index in [0.717, 1.165) is 38.5 Å². The number of carbonyl (C=O) groups is 3. The fourth-order valence-electron chi connectivity index (χ4n) is 3.23. The summed E-state index contributed by atoms with van der Waals surface area (Å²) in [4.78, 5) is 36.6. The molecule has 7 heteroatoms.